The van der Waals surface area contributed by atoms with Gasteiger partial charge in [0.1, 0.15) is 0 Å². The SMILES string of the molecule is C[SiH](C)OC(c1ccc(C(C)(C)C)cc1)N(c1ccc(C#N)cc1)c1ncccn1. The second-order valence-electron chi connectivity index (χ2n) is 8.49. The summed E-state index contributed by atoms with van der Waals surface area (Å²) in [4.78, 5) is 11.0. The van der Waals surface area contributed by atoms with Crippen LogP contribution < -0.4 is 4.90 Å². The number of nitrogens with zero attached hydrogens (tertiary/aromatic N) is 4. The highest BCUT2D eigenvalue weighted by Gasteiger charge is 2.27. The molecule has 0 N–H and O–H groups in total. The fraction of sp³-hybridized carbons (Fsp3) is 0.292. The molecule has 1 unspecified atom stereocenters. The van der Waals surface area contributed by atoms with Crippen LogP contribution in [0.15, 0.2) is 67.0 Å². The molecule has 0 amide bonds. The minimum absolute atomic E-state index is 0.0804. The molecule has 154 valence electrons. The molecule has 0 fully saturated rings. The van der Waals surface area contributed by atoms with E-state index in [2.05, 4.69) is 74.2 Å². The Labute approximate surface area is 180 Å². The summed E-state index contributed by atoms with van der Waals surface area (Å²) in [7, 11) is -1.41. The van der Waals surface area contributed by atoms with Gasteiger partial charge in [-0.3, -0.25) is 4.90 Å². The van der Waals surface area contributed by atoms with E-state index in [0.717, 1.165) is 11.3 Å². The average molecular weight is 417 g/mol. The summed E-state index contributed by atoms with van der Waals surface area (Å²) in [5.41, 5.74) is 3.88. The lowest BCUT2D eigenvalue weighted by atomic mass is 9.86. The van der Waals surface area contributed by atoms with E-state index in [9.17, 15) is 5.26 Å². The monoisotopic (exact) mass is 416 g/mol. The summed E-state index contributed by atoms with van der Waals surface area (Å²) in [5, 5.41) is 9.17. The molecule has 3 rings (SSSR count). The van der Waals surface area contributed by atoms with Gasteiger partial charge in [0.2, 0.25) is 5.95 Å². The lowest BCUT2D eigenvalue weighted by Crippen LogP contribution is -2.31. The summed E-state index contributed by atoms with van der Waals surface area (Å²) in [6, 6.07) is 20.0. The predicted molar refractivity (Wildman–Crippen MR) is 123 cm³/mol. The standard InChI is InChI=1S/C24H28N4OSi/c1-24(2,3)20-11-9-19(10-12-20)22(29-30(4)5)28(23-26-15-6-16-27-23)21-13-7-18(17-25)8-14-21/h6-16,22,30H,1-5H3. The molecule has 6 heteroatoms. The molecule has 30 heavy (non-hydrogen) atoms. The van der Waals surface area contributed by atoms with E-state index in [-0.39, 0.29) is 11.6 Å². The smallest absolute Gasteiger partial charge is 0.232 e. The number of nitriles is 1. The van der Waals surface area contributed by atoms with E-state index < -0.39 is 9.04 Å². The van der Waals surface area contributed by atoms with Crippen molar-refractivity contribution in [2.24, 2.45) is 0 Å². The number of anilines is 2. The van der Waals surface area contributed by atoms with Crippen molar-refractivity contribution in [3.8, 4) is 6.07 Å². The van der Waals surface area contributed by atoms with Gasteiger partial charge in [0, 0.05) is 23.6 Å². The molecular formula is C24H28N4OSi. The van der Waals surface area contributed by atoms with Crippen LogP contribution in [0.25, 0.3) is 0 Å². The van der Waals surface area contributed by atoms with Crippen molar-refractivity contribution < 1.29 is 4.43 Å². The Kier molecular flexibility index (Phi) is 6.65. The van der Waals surface area contributed by atoms with Crippen LogP contribution in [0.3, 0.4) is 0 Å². The second kappa shape index (κ2) is 9.20. The van der Waals surface area contributed by atoms with Crippen LogP contribution in [0.1, 0.15) is 43.7 Å². The van der Waals surface area contributed by atoms with Gasteiger partial charge in [0.05, 0.1) is 11.6 Å². The Hall–Kier alpha value is -3.01. The summed E-state index contributed by atoms with van der Waals surface area (Å²) in [6.07, 6.45) is 3.10. The molecule has 1 heterocycles. The number of benzene rings is 2. The van der Waals surface area contributed by atoms with Gasteiger partial charge in [-0.15, -0.1) is 0 Å². The number of rotatable bonds is 6. The van der Waals surface area contributed by atoms with Gasteiger partial charge in [-0.05, 0) is 54.4 Å². The normalized spacial score (nSPS) is 12.4. The highest BCUT2D eigenvalue weighted by Crippen LogP contribution is 2.35. The van der Waals surface area contributed by atoms with E-state index in [0.29, 0.717) is 11.5 Å². The number of aromatic nitrogens is 2. The van der Waals surface area contributed by atoms with Crippen molar-refractivity contribution >= 4 is 20.7 Å². The van der Waals surface area contributed by atoms with Gasteiger partial charge >= 0.3 is 0 Å². The van der Waals surface area contributed by atoms with Crippen LogP contribution >= 0.6 is 0 Å². The molecule has 0 aliphatic rings. The van der Waals surface area contributed by atoms with Crippen LogP contribution in [-0.4, -0.2) is 19.0 Å². The zero-order valence-corrected chi connectivity index (χ0v) is 19.4. The van der Waals surface area contributed by atoms with Gasteiger partial charge < -0.3 is 4.43 Å². The van der Waals surface area contributed by atoms with Crippen molar-refractivity contribution in [1.82, 2.24) is 9.97 Å². The fourth-order valence-electron chi connectivity index (χ4n) is 3.16. The topological polar surface area (TPSA) is 62.0 Å². The Morgan fingerprint density at radius 2 is 1.57 bits per heavy atom. The zero-order chi connectivity index (χ0) is 21.7. The first-order chi connectivity index (χ1) is 14.3. The Balaban J connectivity index is 2.11. The molecule has 1 aromatic heterocycles. The van der Waals surface area contributed by atoms with Crippen molar-refractivity contribution in [2.75, 3.05) is 4.90 Å². The fourth-order valence-corrected chi connectivity index (χ4v) is 3.96. The maximum Gasteiger partial charge on any atom is 0.232 e. The zero-order valence-electron chi connectivity index (χ0n) is 18.2. The highest BCUT2D eigenvalue weighted by atomic mass is 28.3. The molecule has 5 nitrogen and oxygen atoms in total. The van der Waals surface area contributed by atoms with Crippen LogP contribution in [0.4, 0.5) is 11.6 Å². The summed E-state index contributed by atoms with van der Waals surface area (Å²) >= 11 is 0. The van der Waals surface area contributed by atoms with Crippen LogP contribution in [0, 0.1) is 11.3 Å². The maximum atomic E-state index is 9.17. The van der Waals surface area contributed by atoms with Crippen LogP contribution in [0.2, 0.25) is 13.1 Å². The van der Waals surface area contributed by atoms with Gasteiger partial charge in [-0.1, -0.05) is 45.0 Å². The van der Waals surface area contributed by atoms with Gasteiger partial charge in [0.15, 0.2) is 15.3 Å². The van der Waals surface area contributed by atoms with Gasteiger partial charge in [0.25, 0.3) is 0 Å². The molecule has 0 radical (unpaired) electrons. The number of hydrogen-bond acceptors (Lipinski definition) is 5. The molecule has 2 aromatic carbocycles. The molecule has 0 saturated carbocycles. The van der Waals surface area contributed by atoms with Crippen molar-refractivity contribution in [2.45, 2.75) is 45.5 Å². The first-order valence-electron chi connectivity index (χ1n) is 10.1. The highest BCUT2D eigenvalue weighted by molar-refractivity contribution is 6.48. The largest absolute Gasteiger partial charge is 0.397 e. The van der Waals surface area contributed by atoms with Crippen molar-refractivity contribution in [3.05, 3.63) is 83.7 Å². The molecule has 0 aliphatic carbocycles. The van der Waals surface area contributed by atoms with Crippen LogP contribution in [-0.2, 0) is 9.84 Å². The summed E-state index contributed by atoms with van der Waals surface area (Å²) in [6.45, 7) is 10.9. The number of hydrogen-bond donors (Lipinski definition) is 0. The molecule has 1 atom stereocenters. The first-order valence-corrected chi connectivity index (χ1v) is 12.9. The van der Waals surface area contributed by atoms with E-state index >= 15 is 0 Å². The minimum atomic E-state index is -1.41. The van der Waals surface area contributed by atoms with Crippen LogP contribution in [0.5, 0.6) is 0 Å². The van der Waals surface area contributed by atoms with Gasteiger partial charge in [-0.25, -0.2) is 9.97 Å². The van der Waals surface area contributed by atoms with E-state index in [1.54, 1.807) is 30.6 Å². The molecule has 0 bridgehead atoms. The molecule has 3 aromatic rings. The predicted octanol–water partition coefficient (Wildman–Crippen LogP) is 5.48. The lowest BCUT2D eigenvalue weighted by Gasteiger charge is -2.34. The average Bonchev–Trinajstić information content (AvgIpc) is 2.74. The third kappa shape index (κ3) is 5.12. The van der Waals surface area contributed by atoms with E-state index in [1.807, 2.05) is 17.0 Å². The summed E-state index contributed by atoms with van der Waals surface area (Å²) < 4.78 is 6.51. The minimum Gasteiger partial charge on any atom is -0.397 e. The molecule has 0 aliphatic heterocycles. The third-order valence-corrected chi connectivity index (χ3v) is 5.54. The Morgan fingerprint density at radius 1 is 0.967 bits per heavy atom. The lowest BCUT2D eigenvalue weighted by molar-refractivity contribution is 0.214. The Bertz CT molecular complexity index is 991. The van der Waals surface area contributed by atoms with Crippen molar-refractivity contribution in [3.63, 3.8) is 0 Å². The van der Waals surface area contributed by atoms with E-state index in [4.69, 9.17) is 4.43 Å². The second-order valence-corrected chi connectivity index (χ2v) is 10.9. The first kappa shape index (κ1) is 21.7. The Morgan fingerprint density at radius 3 is 2.07 bits per heavy atom. The maximum absolute atomic E-state index is 9.17. The van der Waals surface area contributed by atoms with Gasteiger partial charge in [-0.2, -0.15) is 5.26 Å². The molecule has 0 saturated heterocycles. The molecular weight excluding hydrogens is 388 g/mol. The quantitative estimate of drug-likeness (QED) is 0.393. The third-order valence-electron chi connectivity index (χ3n) is 4.74. The van der Waals surface area contributed by atoms with E-state index in [1.165, 1.54) is 5.56 Å². The molecule has 0 spiro atoms. The summed E-state index contributed by atoms with van der Waals surface area (Å²) in [5.74, 6) is 0.557. The van der Waals surface area contributed by atoms with Crippen molar-refractivity contribution in [1.29, 1.82) is 5.26 Å².